The summed E-state index contributed by atoms with van der Waals surface area (Å²) in [6, 6.07) is 0. The van der Waals surface area contributed by atoms with Gasteiger partial charge in [-0.05, 0) is 22.7 Å². The predicted molar refractivity (Wildman–Crippen MR) is 62.1 cm³/mol. The van der Waals surface area contributed by atoms with Crippen LogP contribution in [-0.4, -0.2) is 11.5 Å². The minimum atomic E-state index is 1.11. The van der Waals surface area contributed by atoms with Gasteiger partial charge in [0.25, 0.3) is 0 Å². The van der Waals surface area contributed by atoms with Crippen molar-refractivity contribution >= 4 is 31.4 Å². The van der Waals surface area contributed by atoms with Gasteiger partial charge in [0.15, 0.2) is 0 Å². The lowest BCUT2D eigenvalue weighted by atomic mass is 10.5. The van der Waals surface area contributed by atoms with E-state index in [0.29, 0.717) is 0 Å². The van der Waals surface area contributed by atoms with Crippen LogP contribution in [-0.2, 0) is 0 Å². The minimum absolute atomic E-state index is 1.11. The van der Waals surface area contributed by atoms with Gasteiger partial charge in [-0.3, -0.25) is 0 Å². The highest BCUT2D eigenvalue weighted by atomic mass is 33.5. The van der Waals surface area contributed by atoms with Crippen molar-refractivity contribution in [1.29, 1.82) is 0 Å². The maximum atomic E-state index is 3.67. The number of rotatable bonds is 8. The second kappa shape index (κ2) is 10.5. The highest BCUT2D eigenvalue weighted by Gasteiger charge is 1.88. The van der Waals surface area contributed by atoms with Gasteiger partial charge in [-0.25, -0.2) is 0 Å². The Labute approximate surface area is 81.1 Å². The second-order valence-electron chi connectivity index (χ2n) is 1.87. The predicted octanol–water partition coefficient (Wildman–Crippen LogP) is 4.17. The highest BCUT2D eigenvalue weighted by Crippen LogP contribution is 2.35. The fourth-order valence-electron chi connectivity index (χ4n) is 0.365. The number of hydrogen-bond donors (Lipinski definition) is 0. The molecule has 0 saturated heterocycles. The molecule has 0 atom stereocenters. The molecule has 0 N–H and O–H groups in total. The average Bonchev–Trinajstić information content (AvgIpc) is 2.03. The fraction of sp³-hybridized carbons (Fsp3) is 0.500. The molecule has 0 spiro atoms. The van der Waals surface area contributed by atoms with Crippen molar-refractivity contribution in [2.24, 2.45) is 0 Å². The summed E-state index contributed by atoms with van der Waals surface area (Å²) in [5.74, 6) is 2.35. The van der Waals surface area contributed by atoms with Crippen LogP contribution in [0.3, 0.4) is 0 Å². The number of hydrogen-bond acceptors (Lipinski definition) is 3. The minimum Gasteiger partial charge on any atom is -0.103 e. The summed E-state index contributed by atoms with van der Waals surface area (Å²) < 4.78 is 0. The van der Waals surface area contributed by atoms with Crippen LogP contribution in [0.5, 0.6) is 0 Å². The van der Waals surface area contributed by atoms with Crippen LogP contribution < -0.4 is 0 Å². The topological polar surface area (TPSA) is 0 Å². The molecule has 64 valence electrons. The Bertz CT molecular complexity index is 89.5. The summed E-state index contributed by atoms with van der Waals surface area (Å²) in [6.45, 7) is 7.33. The molecule has 0 aliphatic carbocycles. The van der Waals surface area contributed by atoms with Gasteiger partial charge >= 0.3 is 0 Å². The zero-order valence-electron chi connectivity index (χ0n) is 6.62. The van der Waals surface area contributed by atoms with Crippen molar-refractivity contribution in [2.45, 2.75) is 12.8 Å². The molecule has 0 rings (SSSR count). The molecule has 0 fully saturated rings. The Morgan fingerprint density at radius 2 is 1.36 bits per heavy atom. The van der Waals surface area contributed by atoms with Crippen LogP contribution in [0.15, 0.2) is 25.3 Å². The van der Waals surface area contributed by atoms with Crippen molar-refractivity contribution in [2.75, 3.05) is 11.5 Å². The van der Waals surface area contributed by atoms with E-state index in [-0.39, 0.29) is 0 Å². The van der Waals surface area contributed by atoms with E-state index in [1.165, 1.54) is 11.5 Å². The van der Waals surface area contributed by atoms with Crippen LogP contribution in [0.1, 0.15) is 12.8 Å². The Kier molecular flexibility index (Phi) is 11.0. The summed E-state index contributed by atoms with van der Waals surface area (Å²) in [5, 5.41) is 0. The third-order valence-electron chi connectivity index (χ3n) is 0.907. The molecule has 0 saturated carbocycles. The van der Waals surface area contributed by atoms with Crippen LogP contribution >= 0.6 is 31.4 Å². The van der Waals surface area contributed by atoms with E-state index in [2.05, 4.69) is 13.2 Å². The zero-order chi connectivity index (χ0) is 8.36. The Morgan fingerprint density at radius 3 is 1.73 bits per heavy atom. The monoisotopic (exact) mass is 206 g/mol. The standard InChI is InChI=1S/C8H14S3/c1-3-5-7-9-11-10-8-6-4-2/h3-4H,1-2,5-8H2. The fourth-order valence-corrected chi connectivity index (χ4v) is 4.12. The molecular weight excluding hydrogens is 192 g/mol. The third-order valence-corrected chi connectivity index (χ3v) is 5.21. The molecular formula is C8H14S3. The molecule has 3 heteroatoms. The summed E-state index contributed by atoms with van der Waals surface area (Å²) in [7, 11) is 5.68. The van der Waals surface area contributed by atoms with Gasteiger partial charge in [0.05, 0.1) is 0 Å². The Hall–Kier alpha value is 0.530. The molecule has 0 aromatic carbocycles. The van der Waals surface area contributed by atoms with E-state index >= 15 is 0 Å². The first kappa shape index (κ1) is 11.5. The Balaban J connectivity index is 2.79. The van der Waals surface area contributed by atoms with E-state index in [1.54, 1.807) is 0 Å². The van der Waals surface area contributed by atoms with Gasteiger partial charge in [-0.1, -0.05) is 33.7 Å². The largest absolute Gasteiger partial charge is 0.103 e. The quantitative estimate of drug-likeness (QED) is 0.332. The van der Waals surface area contributed by atoms with Crippen molar-refractivity contribution in [3.05, 3.63) is 25.3 Å². The third kappa shape index (κ3) is 10.5. The SMILES string of the molecule is C=CCCSSSCCC=C. The lowest BCUT2D eigenvalue weighted by molar-refractivity contribution is 1.26. The molecule has 0 bridgehead atoms. The molecule has 0 aliphatic heterocycles. The first-order valence-corrected chi connectivity index (χ1v) is 7.37. The molecule has 0 unspecified atom stereocenters. The molecule has 0 aromatic rings. The van der Waals surface area contributed by atoms with E-state index in [9.17, 15) is 0 Å². The molecule has 0 aromatic heterocycles. The molecule has 0 heterocycles. The first-order valence-electron chi connectivity index (χ1n) is 3.54. The summed E-state index contributed by atoms with van der Waals surface area (Å²) in [5.41, 5.74) is 0. The zero-order valence-corrected chi connectivity index (χ0v) is 9.07. The van der Waals surface area contributed by atoms with Crippen LogP contribution in [0.2, 0.25) is 0 Å². The van der Waals surface area contributed by atoms with E-state index in [4.69, 9.17) is 0 Å². The lowest BCUT2D eigenvalue weighted by Gasteiger charge is -1.95. The summed E-state index contributed by atoms with van der Waals surface area (Å²) in [6.07, 6.45) is 6.14. The van der Waals surface area contributed by atoms with Crippen molar-refractivity contribution in [1.82, 2.24) is 0 Å². The van der Waals surface area contributed by atoms with Gasteiger partial charge in [-0.15, -0.1) is 13.2 Å². The summed E-state index contributed by atoms with van der Waals surface area (Å²) >= 11 is 0. The van der Waals surface area contributed by atoms with Crippen molar-refractivity contribution in [3.63, 3.8) is 0 Å². The van der Waals surface area contributed by atoms with Crippen molar-refractivity contribution in [3.8, 4) is 0 Å². The van der Waals surface area contributed by atoms with E-state index < -0.39 is 0 Å². The van der Waals surface area contributed by atoms with E-state index in [0.717, 1.165) is 12.8 Å². The normalized spacial score (nSPS) is 9.45. The lowest BCUT2D eigenvalue weighted by Crippen LogP contribution is -1.70. The van der Waals surface area contributed by atoms with Gasteiger partial charge < -0.3 is 0 Å². The molecule has 0 aliphatic rings. The smallest absolute Gasteiger partial charge is 0.00796 e. The summed E-state index contributed by atoms with van der Waals surface area (Å²) in [4.78, 5) is 0. The van der Waals surface area contributed by atoms with Gasteiger partial charge in [0.2, 0.25) is 0 Å². The van der Waals surface area contributed by atoms with Crippen molar-refractivity contribution < 1.29 is 0 Å². The molecule has 11 heavy (non-hydrogen) atoms. The molecule has 0 amide bonds. The number of allylic oxidation sites excluding steroid dienone is 2. The van der Waals surface area contributed by atoms with Gasteiger partial charge in [0, 0.05) is 11.5 Å². The highest BCUT2D eigenvalue weighted by molar-refractivity contribution is 9.09. The molecule has 0 nitrogen and oxygen atoms in total. The molecule has 0 radical (unpaired) electrons. The average molecular weight is 206 g/mol. The van der Waals surface area contributed by atoms with Crippen LogP contribution in [0.4, 0.5) is 0 Å². The first-order chi connectivity index (χ1) is 5.41. The van der Waals surface area contributed by atoms with Gasteiger partial charge in [0.1, 0.15) is 0 Å². The van der Waals surface area contributed by atoms with Crippen LogP contribution in [0.25, 0.3) is 0 Å². The van der Waals surface area contributed by atoms with E-state index in [1.807, 2.05) is 43.6 Å². The second-order valence-corrected chi connectivity index (χ2v) is 6.34. The maximum Gasteiger partial charge on any atom is 0.00796 e. The van der Waals surface area contributed by atoms with Crippen LogP contribution in [0, 0.1) is 0 Å². The Morgan fingerprint density at radius 1 is 0.909 bits per heavy atom. The van der Waals surface area contributed by atoms with Gasteiger partial charge in [-0.2, -0.15) is 0 Å². The maximum absolute atomic E-state index is 3.67.